The van der Waals surface area contributed by atoms with Gasteiger partial charge in [0.15, 0.2) is 17.7 Å². The van der Waals surface area contributed by atoms with Gasteiger partial charge in [-0.1, -0.05) is 0 Å². The highest BCUT2D eigenvalue weighted by molar-refractivity contribution is 7.60. The molecular formula is C10H15N5O10P2. The molecule has 2 aromatic heterocycles. The average Bonchev–Trinajstić information content (AvgIpc) is 3.07. The molecular weight excluding hydrogens is 412 g/mol. The molecule has 150 valence electrons. The van der Waals surface area contributed by atoms with Gasteiger partial charge in [-0.2, -0.15) is 4.31 Å². The van der Waals surface area contributed by atoms with Crippen LogP contribution in [0.3, 0.4) is 0 Å². The van der Waals surface area contributed by atoms with Crippen LogP contribution in [0.15, 0.2) is 12.7 Å². The Balaban J connectivity index is 1.75. The van der Waals surface area contributed by atoms with Crippen molar-refractivity contribution in [3.8, 4) is 0 Å². The molecule has 0 bridgehead atoms. The number of aromatic nitrogens is 4. The van der Waals surface area contributed by atoms with Crippen molar-refractivity contribution < 1.29 is 47.6 Å². The Hall–Kier alpha value is -1.51. The van der Waals surface area contributed by atoms with Crippen molar-refractivity contribution >= 4 is 32.6 Å². The van der Waals surface area contributed by atoms with E-state index in [-0.39, 0.29) is 17.0 Å². The van der Waals surface area contributed by atoms with Gasteiger partial charge in [-0.05, 0) is 0 Å². The third-order valence-electron chi connectivity index (χ3n) is 3.61. The molecule has 0 spiro atoms. The van der Waals surface area contributed by atoms with Crippen molar-refractivity contribution in [3.05, 3.63) is 12.7 Å². The van der Waals surface area contributed by atoms with Crippen LogP contribution in [0.5, 0.6) is 0 Å². The van der Waals surface area contributed by atoms with Gasteiger partial charge in [0.25, 0.3) is 0 Å². The number of phosphoric acid groups is 2. The summed E-state index contributed by atoms with van der Waals surface area (Å²) in [5.74, 6) is 0.0856. The minimum atomic E-state index is -5.29. The lowest BCUT2D eigenvalue weighted by atomic mass is 10.1. The van der Waals surface area contributed by atoms with Crippen LogP contribution >= 0.6 is 15.6 Å². The van der Waals surface area contributed by atoms with Crippen LogP contribution < -0.4 is 5.73 Å². The quantitative estimate of drug-likeness (QED) is 0.281. The summed E-state index contributed by atoms with van der Waals surface area (Å²) in [4.78, 5) is 38.1. The number of phosphoric ester groups is 1. The summed E-state index contributed by atoms with van der Waals surface area (Å²) in [6.07, 6.45) is -3.20. The first-order valence-corrected chi connectivity index (χ1v) is 10.2. The summed E-state index contributed by atoms with van der Waals surface area (Å²) in [5, 5.41) is 20.3. The van der Waals surface area contributed by atoms with E-state index in [1.165, 1.54) is 10.9 Å². The summed E-state index contributed by atoms with van der Waals surface area (Å²) in [6.45, 7) is -0.813. The van der Waals surface area contributed by atoms with Crippen molar-refractivity contribution in [1.29, 1.82) is 0 Å². The second-order valence-electron chi connectivity index (χ2n) is 5.47. The number of nitrogens with zero attached hydrogens (tertiary/aromatic N) is 4. The molecule has 17 heteroatoms. The Morgan fingerprint density at radius 1 is 1.19 bits per heavy atom. The standard InChI is InChI=1S/C10H15N5O10P2/c11-8-5-9(13-2-12-8)15(3-14-5)10-7(17)6(16)4(24-10)1-23-27(21,22)25-26(18,19)20/h2-4,6-7,10,16-17H,1H2,(H,21,22)(H2,11,12,13)(H2,18,19,20)/t4-,6+,7+,10-/m0/s1. The van der Waals surface area contributed by atoms with Crippen molar-refractivity contribution in [2.24, 2.45) is 0 Å². The summed E-state index contributed by atoms with van der Waals surface area (Å²) >= 11 is 0. The number of hydrogen-bond donors (Lipinski definition) is 6. The topological polar surface area (TPSA) is 233 Å². The smallest absolute Gasteiger partial charge is 0.387 e. The van der Waals surface area contributed by atoms with E-state index in [0.717, 1.165) is 6.33 Å². The summed E-state index contributed by atoms with van der Waals surface area (Å²) in [7, 11) is -10.4. The Bertz CT molecular complexity index is 932. The lowest BCUT2D eigenvalue weighted by Crippen LogP contribution is -2.33. The fourth-order valence-electron chi connectivity index (χ4n) is 2.48. The molecule has 2 aromatic rings. The van der Waals surface area contributed by atoms with Crippen molar-refractivity contribution in [2.45, 2.75) is 24.5 Å². The molecule has 1 saturated heterocycles. The van der Waals surface area contributed by atoms with Gasteiger partial charge >= 0.3 is 15.6 Å². The number of imidazole rings is 1. The van der Waals surface area contributed by atoms with Crippen molar-refractivity contribution in [2.75, 3.05) is 12.3 Å². The number of nitrogen functional groups attached to an aromatic ring is 1. The monoisotopic (exact) mass is 427 g/mol. The van der Waals surface area contributed by atoms with Crippen LogP contribution in [0.1, 0.15) is 6.23 Å². The molecule has 0 radical (unpaired) electrons. The Labute approximate surface area is 150 Å². The first-order valence-electron chi connectivity index (χ1n) is 7.17. The highest BCUT2D eigenvalue weighted by Gasteiger charge is 2.46. The van der Waals surface area contributed by atoms with Crippen LogP contribution in [0, 0.1) is 0 Å². The molecule has 0 aromatic carbocycles. The highest BCUT2D eigenvalue weighted by Crippen LogP contribution is 2.57. The van der Waals surface area contributed by atoms with E-state index in [9.17, 15) is 24.2 Å². The van der Waals surface area contributed by atoms with E-state index < -0.39 is 46.8 Å². The van der Waals surface area contributed by atoms with Gasteiger partial charge in [0.1, 0.15) is 30.2 Å². The van der Waals surface area contributed by atoms with E-state index in [1.54, 1.807) is 0 Å². The molecule has 15 nitrogen and oxygen atoms in total. The largest absolute Gasteiger partial charge is 0.481 e. The third-order valence-corrected chi connectivity index (χ3v) is 5.76. The molecule has 0 saturated carbocycles. The lowest BCUT2D eigenvalue weighted by molar-refractivity contribution is -0.0503. The number of anilines is 1. The first kappa shape index (κ1) is 20.2. The summed E-state index contributed by atoms with van der Waals surface area (Å²) < 4.78 is 36.8. The van der Waals surface area contributed by atoms with E-state index in [4.69, 9.17) is 20.3 Å². The van der Waals surface area contributed by atoms with Crippen LogP contribution in [0.2, 0.25) is 0 Å². The van der Waals surface area contributed by atoms with E-state index in [0.29, 0.717) is 0 Å². The lowest BCUT2D eigenvalue weighted by Gasteiger charge is -2.17. The molecule has 7 N–H and O–H groups in total. The molecule has 27 heavy (non-hydrogen) atoms. The van der Waals surface area contributed by atoms with Gasteiger partial charge < -0.3 is 35.4 Å². The maximum Gasteiger partial charge on any atom is 0.481 e. The minimum Gasteiger partial charge on any atom is -0.387 e. The molecule has 0 aliphatic carbocycles. The number of aliphatic hydroxyl groups excluding tert-OH is 2. The maximum absolute atomic E-state index is 11.5. The molecule has 1 unspecified atom stereocenters. The minimum absolute atomic E-state index is 0.0856. The Morgan fingerprint density at radius 3 is 2.56 bits per heavy atom. The molecule has 5 atom stereocenters. The summed E-state index contributed by atoms with van der Waals surface area (Å²) in [5.41, 5.74) is 6.11. The van der Waals surface area contributed by atoms with E-state index >= 15 is 0 Å². The number of ether oxygens (including phenoxy) is 1. The van der Waals surface area contributed by atoms with Crippen LogP contribution in [0.25, 0.3) is 11.2 Å². The zero-order valence-corrected chi connectivity index (χ0v) is 15.0. The van der Waals surface area contributed by atoms with Gasteiger partial charge in [0.05, 0.1) is 12.9 Å². The zero-order chi connectivity index (χ0) is 20.0. The maximum atomic E-state index is 11.5. The van der Waals surface area contributed by atoms with Gasteiger partial charge in [-0.15, -0.1) is 0 Å². The van der Waals surface area contributed by atoms with Crippen molar-refractivity contribution in [3.63, 3.8) is 0 Å². The molecule has 1 aliphatic heterocycles. The zero-order valence-electron chi connectivity index (χ0n) is 13.2. The normalized spacial score (nSPS) is 28.5. The molecule has 0 amide bonds. The third kappa shape index (κ3) is 4.33. The Kier molecular flexibility index (Phi) is 5.35. The average molecular weight is 427 g/mol. The molecule has 1 fully saturated rings. The fourth-order valence-corrected chi connectivity index (χ4v) is 4.08. The predicted molar refractivity (Wildman–Crippen MR) is 84.6 cm³/mol. The Morgan fingerprint density at radius 2 is 1.89 bits per heavy atom. The number of rotatable bonds is 6. The van der Waals surface area contributed by atoms with Crippen molar-refractivity contribution in [1.82, 2.24) is 19.5 Å². The number of hydrogen-bond acceptors (Lipinski definition) is 11. The van der Waals surface area contributed by atoms with Crippen LogP contribution in [0.4, 0.5) is 5.82 Å². The number of nitrogens with two attached hydrogens (primary N) is 1. The van der Waals surface area contributed by atoms with E-state index in [2.05, 4.69) is 23.8 Å². The van der Waals surface area contributed by atoms with Gasteiger partial charge in [0, 0.05) is 0 Å². The molecule has 3 heterocycles. The van der Waals surface area contributed by atoms with Gasteiger partial charge in [-0.3, -0.25) is 9.09 Å². The molecule has 3 rings (SSSR count). The van der Waals surface area contributed by atoms with Gasteiger partial charge in [-0.25, -0.2) is 24.1 Å². The van der Waals surface area contributed by atoms with Crippen LogP contribution in [-0.4, -0.2) is 69.3 Å². The van der Waals surface area contributed by atoms with Gasteiger partial charge in [0.2, 0.25) is 0 Å². The predicted octanol–water partition coefficient (Wildman–Crippen LogP) is -1.75. The SMILES string of the molecule is Nc1ncnc2c1ncn2[C@H]1O[C@@H](COP(=O)(O)OP(=O)(O)O)[C@@H](O)[C@H]1O. The second-order valence-corrected chi connectivity index (χ2v) is 8.30. The first-order chi connectivity index (χ1) is 12.5. The fraction of sp³-hybridized carbons (Fsp3) is 0.500. The van der Waals surface area contributed by atoms with E-state index in [1.807, 2.05) is 0 Å². The second kappa shape index (κ2) is 7.14. The highest BCUT2D eigenvalue weighted by atomic mass is 31.3. The number of fused-ring (bicyclic) bond motifs is 1. The summed E-state index contributed by atoms with van der Waals surface area (Å²) in [6, 6.07) is 0. The molecule has 1 aliphatic rings. The van der Waals surface area contributed by atoms with Crippen LogP contribution in [-0.2, 0) is 22.7 Å². The number of aliphatic hydroxyl groups is 2.